The number of likely N-dealkylation sites (tertiary alicyclic amines) is 1. The number of alkyl halides is 3. The molecule has 1 N–H and O–H groups in total. The van der Waals surface area contributed by atoms with Gasteiger partial charge in [0.1, 0.15) is 6.04 Å². The Hall–Kier alpha value is -1.27. The highest BCUT2D eigenvalue weighted by Crippen LogP contribution is 2.38. The molecule has 1 saturated heterocycles. The summed E-state index contributed by atoms with van der Waals surface area (Å²) in [6, 6.07) is -1.33. The highest BCUT2D eigenvalue weighted by Gasteiger charge is 2.50. The first-order chi connectivity index (χ1) is 8.79. The lowest BCUT2D eigenvalue weighted by Gasteiger charge is -2.28. The van der Waals surface area contributed by atoms with Gasteiger partial charge in [-0.1, -0.05) is 19.3 Å². The molecule has 0 aromatic rings. The molecule has 1 heterocycles. The highest BCUT2D eigenvalue weighted by atomic mass is 19.4. The summed E-state index contributed by atoms with van der Waals surface area (Å²) in [7, 11) is 0. The molecule has 1 saturated carbocycles. The van der Waals surface area contributed by atoms with Crippen LogP contribution in [-0.4, -0.2) is 40.6 Å². The molecule has 7 heteroatoms. The first-order valence-corrected chi connectivity index (χ1v) is 6.39. The minimum Gasteiger partial charge on any atom is -0.480 e. The topological polar surface area (TPSA) is 57.6 Å². The number of carbonyl (C=O) groups is 2. The minimum atomic E-state index is -5.00. The Bertz CT molecular complexity index is 379. The van der Waals surface area contributed by atoms with E-state index in [9.17, 15) is 22.8 Å². The van der Waals surface area contributed by atoms with E-state index in [1.807, 2.05) is 0 Å². The SMILES string of the molecule is O=C(O)[C@@H]1C[C@H](CC2CCC2)CN1C(=O)C(F)(F)F. The van der Waals surface area contributed by atoms with Crippen molar-refractivity contribution >= 4 is 11.9 Å². The van der Waals surface area contributed by atoms with E-state index in [2.05, 4.69) is 0 Å². The van der Waals surface area contributed by atoms with E-state index in [0.29, 0.717) is 10.8 Å². The van der Waals surface area contributed by atoms with Gasteiger partial charge in [0.05, 0.1) is 0 Å². The quantitative estimate of drug-likeness (QED) is 0.860. The van der Waals surface area contributed by atoms with Crippen LogP contribution in [0.5, 0.6) is 0 Å². The summed E-state index contributed by atoms with van der Waals surface area (Å²) in [4.78, 5) is 22.7. The van der Waals surface area contributed by atoms with Crippen molar-refractivity contribution in [2.24, 2.45) is 11.8 Å². The van der Waals surface area contributed by atoms with Gasteiger partial charge < -0.3 is 10.0 Å². The number of carboxylic acid groups (broad SMARTS) is 1. The Morgan fingerprint density at radius 3 is 2.26 bits per heavy atom. The fourth-order valence-corrected chi connectivity index (χ4v) is 2.92. The van der Waals surface area contributed by atoms with E-state index in [1.165, 1.54) is 0 Å². The number of carboxylic acids is 1. The molecule has 0 unspecified atom stereocenters. The van der Waals surface area contributed by atoms with Crippen LogP contribution < -0.4 is 0 Å². The van der Waals surface area contributed by atoms with Gasteiger partial charge in [0.15, 0.2) is 0 Å². The third kappa shape index (κ3) is 3.01. The number of amides is 1. The summed E-state index contributed by atoms with van der Waals surface area (Å²) < 4.78 is 37.3. The zero-order valence-electron chi connectivity index (χ0n) is 10.3. The predicted molar refractivity (Wildman–Crippen MR) is 59.3 cm³/mol. The second-order valence-electron chi connectivity index (χ2n) is 5.44. The van der Waals surface area contributed by atoms with Crippen LogP contribution in [0.1, 0.15) is 32.1 Å². The van der Waals surface area contributed by atoms with Crippen molar-refractivity contribution in [3.8, 4) is 0 Å². The maximum Gasteiger partial charge on any atom is 0.471 e. The number of aliphatic carboxylic acids is 1. The minimum absolute atomic E-state index is 0.0915. The van der Waals surface area contributed by atoms with Crippen molar-refractivity contribution in [1.82, 2.24) is 4.90 Å². The Morgan fingerprint density at radius 1 is 1.21 bits per heavy atom. The van der Waals surface area contributed by atoms with E-state index >= 15 is 0 Å². The van der Waals surface area contributed by atoms with Gasteiger partial charge in [0, 0.05) is 6.54 Å². The smallest absolute Gasteiger partial charge is 0.471 e. The molecule has 0 aromatic heterocycles. The van der Waals surface area contributed by atoms with Gasteiger partial charge in [0.25, 0.3) is 0 Å². The Morgan fingerprint density at radius 2 is 1.84 bits per heavy atom. The van der Waals surface area contributed by atoms with Crippen LogP contribution in [0.4, 0.5) is 13.2 Å². The van der Waals surface area contributed by atoms with Gasteiger partial charge in [-0.05, 0) is 24.7 Å². The fourth-order valence-electron chi connectivity index (χ4n) is 2.92. The standard InChI is InChI=1S/C12H16F3NO3/c13-12(14,15)11(19)16-6-8(4-7-2-1-3-7)5-9(16)10(17)18/h7-9H,1-6H2,(H,17,18)/t8-,9-/m0/s1. The third-order valence-electron chi connectivity index (χ3n) is 4.07. The summed E-state index contributed by atoms with van der Waals surface area (Å²) >= 11 is 0. The van der Waals surface area contributed by atoms with E-state index < -0.39 is 24.1 Å². The van der Waals surface area contributed by atoms with Gasteiger partial charge in [-0.25, -0.2) is 4.79 Å². The van der Waals surface area contributed by atoms with E-state index in [1.54, 1.807) is 0 Å². The number of rotatable bonds is 3. The molecule has 108 valence electrons. The lowest BCUT2D eigenvalue weighted by Crippen LogP contribution is -2.46. The Labute approximate surface area is 108 Å². The average Bonchev–Trinajstić information content (AvgIpc) is 2.65. The second kappa shape index (κ2) is 5.02. The van der Waals surface area contributed by atoms with Gasteiger partial charge in [-0.2, -0.15) is 13.2 Å². The van der Waals surface area contributed by atoms with Crippen LogP contribution in [0.3, 0.4) is 0 Å². The van der Waals surface area contributed by atoms with Crippen molar-refractivity contribution in [3.05, 3.63) is 0 Å². The third-order valence-corrected chi connectivity index (χ3v) is 4.07. The Balaban J connectivity index is 2.03. The van der Waals surface area contributed by atoms with Crippen LogP contribution in [-0.2, 0) is 9.59 Å². The molecule has 2 aliphatic rings. The van der Waals surface area contributed by atoms with Crippen LogP contribution in [0.15, 0.2) is 0 Å². The number of hydrogen-bond donors (Lipinski definition) is 1. The van der Waals surface area contributed by atoms with Crippen LogP contribution >= 0.6 is 0 Å². The van der Waals surface area contributed by atoms with Crippen molar-refractivity contribution in [1.29, 1.82) is 0 Å². The average molecular weight is 279 g/mol. The van der Waals surface area contributed by atoms with Crippen LogP contribution in [0.25, 0.3) is 0 Å². The summed E-state index contributed by atoms with van der Waals surface area (Å²) in [5.41, 5.74) is 0. The van der Waals surface area contributed by atoms with Crippen molar-refractivity contribution in [3.63, 3.8) is 0 Å². The van der Waals surface area contributed by atoms with Gasteiger partial charge >= 0.3 is 18.1 Å². The number of halogens is 3. The first kappa shape index (κ1) is 14.1. The lowest BCUT2D eigenvalue weighted by molar-refractivity contribution is -0.188. The van der Waals surface area contributed by atoms with Gasteiger partial charge in [-0.3, -0.25) is 4.79 Å². The number of nitrogens with zero attached hydrogens (tertiary/aromatic N) is 1. The zero-order valence-corrected chi connectivity index (χ0v) is 10.3. The number of hydrogen-bond acceptors (Lipinski definition) is 2. The largest absolute Gasteiger partial charge is 0.480 e. The molecule has 1 amide bonds. The molecule has 1 aliphatic carbocycles. The molecular weight excluding hydrogens is 263 g/mol. The van der Waals surface area contributed by atoms with E-state index in [-0.39, 0.29) is 18.9 Å². The van der Waals surface area contributed by atoms with Crippen molar-refractivity contribution in [2.75, 3.05) is 6.54 Å². The fraction of sp³-hybridized carbons (Fsp3) is 0.833. The molecular formula is C12H16F3NO3. The normalized spacial score (nSPS) is 28.3. The van der Waals surface area contributed by atoms with E-state index in [0.717, 1.165) is 25.7 Å². The monoisotopic (exact) mass is 279 g/mol. The summed E-state index contributed by atoms with van der Waals surface area (Å²) in [5.74, 6) is -3.03. The van der Waals surface area contributed by atoms with Gasteiger partial charge in [-0.15, -0.1) is 0 Å². The number of carbonyl (C=O) groups excluding carboxylic acids is 1. The van der Waals surface area contributed by atoms with Crippen LogP contribution in [0, 0.1) is 11.8 Å². The molecule has 2 rings (SSSR count). The molecule has 2 fully saturated rings. The molecule has 0 bridgehead atoms. The maximum atomic E-state index is 12.4. The van der Waals surface area contributed by atoms with Gasteiger partial charge in [0.2, 0.25) is 0 Å². The highest BCUT2D eigenvalue weighted by molar-refractivity contribution is 5.87. The summed E-state index contributed by atoms with van der Waals surface area (Å²) in [6.45, 7) is -0.0915. The molecule has 2 atom stereocenters. The molecule has 19 heavy (non-hydrogen) atoms. The Kier molecular flexibility index (Phi) is 3.73. The van der Waals surface area contributed by atoms with Crippen molar-refractivity contribution in [2.45, 2.75) is 44.3 Å². The molecule has 0 aromatic carbocycles. The second-order valence-corrected chi connectivity index (χ2v) is 5.44. The molecule has 0 radical (unpaired) electrons. The van der Waals surface area contributed by atoms with Crippen LogP contribution in [0.2, 0.25) is 0 Å². The lowest BCUT2D eigenvalue weighted by atomic mass is 9.78. The summed E-state index contributed by atoms with van der Waals surface area (Å²) in [5, 5.41) is 8.96. The molecule has 0 spiro atoms. The zero-order chi connectivity index (χ0) is 14.2. The predicted octanol–water partition coefficient (Wildman–Crippen LogP) is 2.04. The van der Waals surface area contributed by atoms with Crippen molar-refractivity contribution < 1.29 is 27.9 Å². The first-order valence-electron chi connectivity index (χ1n) is 6.39. The maximum absolute atomic E-state index is 12.4. The van der Waals surface area contributed by atoms with E-state index in [4.69, 9.17) is 5.11 Å². The molecule has 1 aliphatic heterocycles. The molecule has 4 nitrogen and oxygen atoms in total. The summed E-state index contributed by atoms with van der Waals surface area (Å²) in [6.07, 6.45) is -0.897.